The number of alkyl halides is 3. The molecule has 0 bridgehead atoms. The number of anilines is 1. The molecule has 10 heteroatoms. The quantitative estimate of drug-likeness (QED) is 0.493. The fraction of sp³-hybridized carbons (Fsp3) is 0.600. The number of hydrogen-bond donors (Lipinski definition) is 0. The van der Waals surface area contributed by atoms with Crippen LogP contribution in [0.2, 0.25) is 5.02 Å². The third-order valence-corrected chi connectivity index (χ3v) is 8.17. The molecule has 35 heavy (non-hydrogen) atoms. The summed E-state index contributed by atoms with van der Waals surface area (Å²) < 4.78 is 61.1. The van der Waals surface area contributed by atoms with E-state index in [1.165, 1.54) is 6.07 Å². The summed E-state index contributed by atoms with van der Waals surface area (Å²) in [7, 11) is 1.78. The maximum Gasteiger partial charge on any atom is 0.418 e. The van der Waals surface area contributed by atoms with Crippen LogP contribution in [0.1, 0.15) is 31.2 Å². The Hall–Kier alpha value is -1.97. The lowest BCUT2D eigenvalue weighted by Gasteiger charge is -2.30. The maximum absolute atomic E-state index is 14.0. The number of hydrogen-bond acceptors (Lipinski definition) is 5. The fourth-order valence-corrected chi connectivity index (χ4v) is 6.17. The van der Waals surface area contributed by atoms with Crippen molar-refractivity contribution < 1.29 is 22.3 Å². The van der Waals surface area contributed by atoms with Crippen LogP contribution in [0.15, 0.2) is 24.3 Å². The number of benzene rings is 1. The van der Waals surface area contributed by atoms with Crippen molar-refractivity contribution in [3.05, 3.63) is 40.7 Å². The van der Waals surface area contributed by atoms with Gasteiger partial charge in [-0.05, 0) is 67.7 Å². The van der Waals surface area contributed by atoms with Gasteiger partial charge in [0.25, 0.3) is 0 Å². The van der Waals surface area contributed by atoms with Crippen molar-refractivity contribution in [2.75, 3.05) is 44.8 Å². The van der Waals surface area contributed by atoms with Crippen molar-refractivity contribution in [2.45, 2.75) is 37.9 Å². The van der Waals surface area contributed by atoms with Crippen LogP contribution in [0.4, 0.5) is 23.4 Å². The number of nitrogens with zero attached hydrogens (tertiary/aromatic N) is 4. The third-order valence-electron chi connectivity index (χ3n) is 7.84. The van der Waals surface area contributed by atoms with Gasteiger partial charge in [0.1, 0.15) is 11.5 Å². The monoisotopic (exact) mass is 512 g/mol. The lowest BCUT2D eigenvalue weighted by Crippen LogP contribution is -2.35. The van der Waals surface area contributed by atoms with Gasteiger partial charge in [-0.25, -0.2) is 4.39 Å². The second-order valence-corrected chi connectivity index (χ2v) is 10.5. The van der Waals surface area contributed by atoms with Crippen molar-refractivity contribution in [3.8, 4) is 11.3 Å². The van der Waals surface area contributed by atoms with Crippen LogP contribution in [0.3, 0.4) is 0 Å². The number of fused-ring (bicyclic) bond motifs is 1. The molecule has 1 saturated carbocycles. The van der Waals surface area contributed by atoms with Crippen LogP contribution >= 0.6 is 11.6 Å². The smallest absolute Gasteiger partial charge is 0.381 e. The topological polar surface area (TPSA) is 41.5 Å². The second kappa shape index (κ2) is 9.82. The van der Waals surface area contributed by atoms with Gasteiger partial charge in [0.2, 0.25) is 0 Å². The summed E-state index contributed by atoms with van der Waals surface area (Å²) in [4.78, 5) is 4.38. The van der Waals surface area contributed by atoms with Crippen molar-refractivity contribution in [3.63, 3.8) is 0 Å². The molecule has 0 spiro atoms. The van der Waals surface area contributed by atoms with E-state index in [1.54, 1.807) is 7.05 Å². The van der Waals surface area contributed by atoms with Crippen LogP contribution in [0, 0.1) is 23.6 Å². The SMILES string of the molecule is CN(c1cc(C(F)(F)F)c(-c2cc(F)ccc2Cl)nn1)C1C[C@@H]2CN(CC3CCOCC3)C[C@@H]2C1. The van der Waals surface area contributed by atoms with Crippen molar-refractivity contribution in [1.29, 1.82) is 0 Å². The van der Waals surface area contributed by atoms with Gasteiger partial charge in [-0.3, -0.25) is 0 Å². The zero-order valence-corrected chi connectivity index (χ0v) is 20.3. The molecule has 0 N–H and O–H groups in total. The first-order valence-electron chi connectivity index (χ1n) is 12.1. The Kier molecular flexibility index (Phi) is 6.94. The third kappa shape index (κ3) is 5.27. The number of aromatic nitrogens is 2. The summed E-state index contributed by atoms with van der Waals surface area (Å²) in [5, 5.41) is 7.97. The minimum Gasteiger partial charge on any atom is -0.381 e. The molecule has 2 aliphatic heterocycles. The molecule has 3 fully saturated rings. The summed E-state index contributed by atoms with van der Waals surface area (Å²) in [6.07, 6.45) is -0.603. The maximum atomic E-state index is 14.0. The fourth-order valence-electron chi connectivity index (χ4n) is 5.96. The molecule has 2 saturated heterocycles. The normalized spacial score (nSPS) is 25.7. The molecule has 3 aliphatic rings. The van der Waals surface area contributed by atoms with E-state index < -0.39 is 23.3 Å². The van der Waals surface area contributed by atoms with Crippen molar-refractivity contribution in [2.24, 2.45) is 17.8 Å². The molecule has 1 aliphatic carbocycles. The first kappa shape index (κ1) is 24.7. The second-order valence-electron chi connectivity index (χ2n) is 10.1. The van der Waals surface area contributed by atoms with Gasteiger partial charge in [-0.15, -0.1) is 10.2 Å². The predicted octanol–water partition coefficient (Wildman–Crippen LogP) is 5.53. The van der Waals surface area contributed by atoms with Gasteiger partial charge in [0, 0.05) is 51.5 Å². The molecular formula is C25H29ClF4N4O. The minimum atomic E-state index is -4.69. The molecule has 0 amide bonds. The lowest BCUT2D eigenvalue weighted by atomic mass is 10.00. The molecular weight excluding hydrogens is 484 g/mol. The number of rotatable bonds is 5. The lowest BCUT2D eigenvalue weighted by molar-refractivity contribution is -0.137. The van der Waals surface area contributed by atoms with E-state index >= 15 is 0 Å². The van der Waals surface area contributed by atoms with E-state index in [-0.39, 0.29) is 22.4 Å². The highest BCUT2D eigenvalue weighted by molar-refractivity contribution is 6.33. The van der Waals surface area contributed by atoms with Crippen molar-refractivity contribution >= 4 is 17.4 Å². The van der Waals surface area contributed by atoms with Crippen LogP contribution in [-0.4, -0.2) is 61.0 Å². The van der Waals surface area contributed by atoms with E-state index in [0.717, 1.165) is 76.7 Å². The molecule has 3 heterocycles. The number of likely N-dealkylation sites (tertiary alicyclic amines) is 1. The minimum absolute atomic E-state index is 0.0128. The Morgan fingerprint density at radius 2 is 1.77 bits per heavy atom. The Labute approximate surface area is 207 Å². The van der Waals surface area contributed by atoms with Gasteiger partial charge < -0.3 is 14.5 Å². The summed E-state index contributed by atoms with van der Waals surface area (Å²) in [6, 6.07) is 4.38. The van der Waals surface area contributed by atoms with Gasteiger partial charge >= 0.3 is 6.18 Å². The van der Waals surface area contributed by atoms with Gasteiger partial charge in [0.15, 0.2) is 5.82 Å². The first-order valence-corrected chi connectivity index (χ1v) is 12.5. The average molecular weight is 513 g/mol. The predicted molar refractivity (Wildman–Crippen MR) is 126 cm³/mol. The van der Waals surface area contributed by atoms with E-state index in [2.05, 4.69) is 15.1 Å². The van der Waals surface area contributed by atoms with E-state index in [1.807, 2.05) is 4.90 Å². The zero-order valence-electron chi connectivity index (χ0n) is 19.6. The molecule has 3 atom stereocenters. The molecule has 1 aromatic heterocycles. The molecule has 0 radical (unpaired) electrons. The van der Waals surface area contributed by atoms with Crippen LogP contribution in [0.5, 0.6) is 0 Å². The van der Waals surface area contributed by atoms with E-state index in [4.69, 9.17) is 16.3 Å². The van der Waals surface area contributed by atoms with Crippen LogP contribution < -0.4 is 4.90 Å². The first-order chi connectivity index (χ1) is 16.7. The van der Waals surface area contributed by atoms with E-state index in [9.17, 15) is 17.6 Å². The van der Waals surface area contributed by atoms with Crippen LogP contribution in [-0.2, 0) is 10.9 Å². The Morgan fingerprint density at radius 1 is 1.09 bits per heavy atom. The number of ether oxygens (including phenoxy) is 1. The molecule has 5 rings (SSSR count). The van der Waals surface area contributed by atoms with Gasteiger partial charge in [0.05, 0.1) is 10.6 Å². The Balaban J connectivity index is 1.30. The highest BCUT2D eigenvalue weighted by atomic mass is 35.5. The molecule has 190 valence electrons. The highest BCUT2D eigenvalue weighted by Crippen LogP contribution is 2.43. The summed E-state index contributed by atoms with van der Waals surface area (Å²) in [5.74, 6) is 1.26. The molecule has 1 aromatic carbocycles. The molecule has 2 aromatic rings. The largest absolute Gasteiger partial charge is 0.418 e. The van der Waals surface area contributed by atoms with Crippen LogP contribution in [0.25, 0.3) is 11.3 Å². The Morgan fingerprint density at radius 3 is 2.43 bits per heavy atom. The van der Waals surface area contributed by atoms with Gasteiger partial charge in [-0.1, -0.05) is 11.6 Å². The van der Waals surface area contributed by atoms with E-state index in [0.29, 0.717) is 17.8 Å². The summed E-state index contributed by atoms with van der Waals surface area (Å²) in [6.45, 7) is 4.90. The summed E-state index contributed by atoms with van der Waals surface area (Å²) in [5.41, 5.74) is -1.56. The number of halogens is 5. The highest BCUT2D eigenvalue weighted by Gasteiger charge is 2.43. The Bertz CT molecular complexity index is 1050. The molecule has 1 unspecified atom stereocenters. The molecule has 5 nitrogen and oxygen atoms in total. The van der Waals surface area contributed by atoms with Crippen molar-refractivity contribution in [1.82, 2.24) is 15.1 Å². The average Bonchev–Trinajstić information content (AvgIpc) is 3.39. The zero-order chi connectivity index (χ0) is 24.7. The van der Waals surface area contributed by atoms with Gasteiger partial charge in [-0.2, -0.15) is 13.2 Å². The summed E-state index contributed by atoms with van der Waals surface area (Å²) >= 11 is 6.06. The standard InChI is InChI=1S/C25H29ClF4N4O/c1-33(19-8-16-13-34(14-17(16)9-19)12-15-4-6-35-7-5-15)23-11-21(25(28,29)30)24(32-31-23)20-10-18(27)2-3-22(20)26/h2-3,10-11,15-17,19H,4-9,12-14H2,1H3/t16-,17+,19?.